The molecule has 1 heteroatoms. The monoisotopic (exact) mass is 570 g/mol. The van der Waals surface area contributed by atoms with Crippen molar-refractivity contribution in [3.8, 4) is 11.1 Å². The van der Waals surface area contributed by atoms with Crippen LogP contribution in [-0.4, -0.2) is 6.71 Å². The summed E-state index contributed by atoms with van der Waals surface area (Å²) in [7, 11) is 0. The molecule has 9 rings (SSSR count). The van der Waals surface area contributed by atoms with Gasteiger partial charge in [0.2, 0.25) is 6.71 Å². The third-order valence-corrected chi connectivity index (χ3v) is 10.0. The summed E-state index contributed by atoms with van der Waals surface area (Å²) in [4.78, 5) is 0. The number of hydrogen-bond donors (Lipinski definition) is 0. The second-order valence-corrected chi connectivity index (χ2v) is 12.6. The molecule has 0 unspecified atom stereocenters. The molecule has 0 N–H and O–H groups in total. The topological polar surface area (TPSA) is 0 Å². The van der Waals surface area contributed by atoms with Crippen molar-refractivity contribution < 1.29 is 0 Å². The molecule has 0 heterocycles. The van der Waals surface area contributed by atoms with Crippen LogP contribution < -0.4 is 16.4 Å². The summed E-state index contributed by atoms with van der Waals surface area (Å²) >= 11 is 0. The van der Waals surface area contributed by atoms with Crippen molar-refractivity contribution in [2.24, 2.45) is 0 Å². The predicted molar refractivity (Wildman–Crippen MR) is 198 cm³/mol. The lowest BCUT2D eigenvalue weighted by Crippen LogP contribution is -2.54. The Morgan fingerprint density at radius 2 is 0.889 bits per heavy atom. The summed E-state index contributed by atoms with van der Waals surface area (Å²) in [5, 5.41) is 13.1. The summed E-state index contributed by atoms with van der Waals surface area (Å²) in [6, 6.07) is 56.6. The fourth-order valence-electron chi connectivity index (χ4n) is 7.93. The van der Waals surface area contributed by atoms with Crippen LogP contribution >= 0.6 is 0 Å². The zero-order chi connectivity index (χ0) is 30.1. The summed E-state index contributed by atoms with van der Waals surface area (Å²) in [5.74, 6) is 0. The molecule has 0 spiro atoms. The molecule has 0 radical (unpaired) electrons. The van der Waals surface area contributed by atoms with Gasteiger partial charge in [0.1, 0.15) is 0 Å². The van der Waals surface area contributed by atoms with Crippen LogP contribution in [0.3, 0.4) is 0 Å². The molecule has 45 heavy (non-hydrogen) atoms. The number of aryl methyl sites for hydroxylation is 2. The van der Waals surface area contributed by atoms with Crippen molar-refractivity contribution in [3.63, 3.8) is 0 Å². The smallest absolute Gasteiger partial charge is 0.0680 e. The van der Waals surface area contributed by atoms with Gasteiger partial charge in [-0.05, 0) is 78.8 Å². The van der Waals surface area contributed by atoms with Gasteiger partial charge in [0, 0.05) is 0 Å². The van der Waals surface area contributed by atoms with Gasteiger partial charge in [0.05, 0.1) is 0 Å². The summed E-state index contributed by atoms with van der Waals surface area (Å²) in [5.41, 5.74) is 9.27. The van der Waals surface area contributed by atoms with E-state index >= 15 is 0 Å². The highest BCUT2D eigenvalue weighted by atomic mass is 14.2. The van der Waals surface area contributed by atoms with Crippen LogP contribution in [0.15, 0.2) is 152 Å². The molecular weight excluding hydrogens is 539 g/mol. The molecule has 0 aromatic heterocycles. The summed E-state index contributed by atoms with van der Waals surface area (Å²) in [6.07, 6.45) is 0. The van der Waals surface area contributed by atoms with E-state index in [4.69, 9.17) is 0 Å². The van der Waals surface area contributed by atoms with E-state index in [1.807, 2.05) is 0 Å². The van der Waals surface area contributed by atoms with Gasteiger partial charge in [-0.1, -0.05) is 179 Å². The molecule has 0 atom stereocenters. The molecule has 0 nitrogen and oxygen atoms in total. The van der Waals surface area contributed by atoms with Crippen LogP contribution in [0.2, 0.25) is 0 Å². The Labute approximate surface area is 264 Å². The lowest BCUT2D eigenvalue weighted by molar-refractivity contribution is 1.52. The maximum Gasteiger partial charge on any atom is 0.243 e. The maximum absolute atomic E-state index is 2.46. The molecule has 210 valence electrons. The van der Waals surface area contributed by atoms with E-state index in [9.17, 15) is 0 Å². The Kier molecular flexibility index (Phi) is 5.83. The minimum Gasteiger partial charge on any atom is -0.0680 e. The Bertz CT molecular complexity index is 2470. The lowest BCUT2D eigenvalue weighted by Gasteiger charge is -2.24. The molecule has 0 aliphatic heterocycles. The fraction of sp³-hybridized carbons (Fsp3) is 0.0455. The first-order valence-corrected chi connectivity index (χ1v) is 15.9. The third kappa shape index (κ3) is 4.01. The second-order valence-electron chi connectivity index (χ2n) is 12.6. The minimum absolute atomic E-state index is 0.0712. The van der Waals surface area contributed by atoms with Crippen molar-refractivity contribution in [1.29, 1.82) is 0 Å². The first-order chi connectivity index (χ1) is 22.2. The average molecular weight is 571 g/mol. The van der Waals surface area contributed by atoms with Crippen molar-refractivity contribution >= 4 is 77.0 Å². The molecule has 0 aliphatic carbocycles. The van der Waals surface area contributed by atoms with Crippen molar-refractivity contribution in [2.75, 3.05) is 0 Å². The molecule has 9 aromatic rings. The molecule has 0 amide bonds. The Hall–Kier alpha value is -5.40. The van der Waals surface area contributed by atoms with Gasteiger partial charge in [-0.15, -0.1) is 0 Å². The van der Waals surface area contributed by atoms with Gasteiger partial charge in [-0.2, -0.15) is 0 Å². The van der Waals surface area contributed by atoms with Gasteiger partial charge in [0.25, 0.3) is 0 Å². The number of hydrogen-bond acceptors (Lipinski definition) is 0. The van der Waals surface area contributed by atoms with Gasteiger partial charge >= 0.3 is 0 Å². The van der Waals surface area contributed by atoms with Gasteiger partial charge in [-0.25, -0.2) is 0 Å². The summed E-state index contributed by atoms with van der Waals surface area (Å²) < 4.78 is 0. The highest BCUT2D eigenvalue weighted by molar-refractivity contribution is 6.98. The van der Waals surface area contributed by atoms with E-state index in [1.165, 1.54) is 92.5 Å². The first kappa shape index (κ1) is 26.0. The number of fused-ring (bicyclic) bond motifs is 2. The van der Waals surface area contributed by atoms with Gasteiger partial charge in [-0.3, -0.25) is 0 Å². The van der Waals surface area contributed by atoms with Crippen LogP contribution in [0.5, 0.6) is 0 Å². The fourth-order valence-corrected chi connectivity index (χ4v) is 7.93. The molecule has 0 saturated heterocycles. The molecular formula is C44H31B. The Morgan fingerprint density at radius 3 is 1.56 bits per heavy atom. The van der Waals surface area contributed by atoms with E-state index in [1.54, 1.807) is 0 Å². The van der Waals surface area contributed by atoms with Gasteiger partial charge < -0.3 is 0 Å². The quantitative estimate of drug-likeness (QED) is 0.146. The van der Waals surface area contributed by atoms with Gasteiger partial charge in [0.15, 0.2) is 0 Å². The van der Waals surface area contributed by atoms with Crippen LogP contribution in [0.4, 0.5) is 0 Å². The van der Waals surface area contributed by atoms with Crippen molar-refractivity contribution in [1.82, 2.24) is 0 Å². The Balaban J connectivity index is 1.34. The largest absolute Gasteiger partial charge is 0.243 e. The molecule has 0 aliphatic rings. The third-order valence-electron chi connectivity index (χ3n) is 10.0. The lowest BCUT2D eigenvalue weighted by atomic mass is 9.34. The summed E-state index contributed by atoms with van der Waals surface area (Å²) in [6.45, 7) is 4.63. The van der Waals surface area contributed by atoms with E-state index in [0.717, 1.165) is 0 Å². The van der Waals surface area contributed by atoms with Crippen LogP contribution in [-0.2, 0) is 0 Å². The number of rotatable bonds is 4. The van der Waals surface area contributed by atoms with E-state index < -0.39 is 0 Å². The van der Waals surface area contributed by atoms with Crippen molar-refractivity contribution in [3.05, 3.63) is 163 Å². The average Bonchev–Trinajstić information content (AvgIpc) is 3.09. The highest BCUT2D eigenvalue weighted by Gasteiger charge is 2.29. The predicted octanol–water partition coefficient (Wildman–Crippen LogP) is 9.69. The van der Waals surface area contributed by atoms with Crippen LogP contribution in [0, 0.1) is 13.8 Å². The molecule has 0 saturated carbocycles. The highest BCUT2D eigenvalue weighted by Crippen LogP contribution is 2.39. The standard InChI is InChI=1S/C44H31B/c1-28-17-19-30-9-3-5-15-38(30)43(28)45(44-29(2)18-20-31-10-4-6-16-39(31)44)36-14-8-13-35(27-36)37-25-23-34-22-21-32-11-7-12-33-24-26-40(37)42(34)41(32)33/h3-27H,1-2H3. The zero-order valence-electron chi connectivity index (χ0n) is 25.5. The first-order valence-electron chi connectivity index (χ1n) is 15.9. The molecule has 0 fully saturated rings. The molecule has 9 aromatic carbocycles. The normalized spacial score (nSPS) is 11.8. The minimum atomic E-state index is 0.0712. The number of benzene rings is 9. The second kappa shape index (κ2) is 10.1. The van der Waals surface area contributed by atoms with Crippen molar-refractivity contribution in [2.45, 2.75) is 13.8 Å². The van der Waals surface area contributed by atoms with E-state index in [-0.39, 0.29) is 6.71 Å². The zero-order valence-corrected chi connectivity index (χ0v) is 25.5. The Morgan fingerprint density at radius 1 is 0.378 bits per heavy atom. The van der Waals surface area contributed by atoms with E-state index in [0.29, 0.717) is 0 Å². The van der Waals surface area contributed by atoms with Crippen LogP contribution in [0.25, 0.3) is 65.0 Å². The maximum atomic E-state index is 2.46. The van der Waals surface area contributed by atoms with E-state index in [2.05, 4.69) is 166 Å². The SMILES string of the molecule is Cc1ccc2ccccc2c1B(c1cccc(-c2ccc3ccc4cccc5ccc2c3c45)c1)c1c(C)ccc2ccccc12. The van der Waals surface area contributed by atoms with Crippen LogP contribution in [0.1, 0.15) is 11.1 Å². The molecule has 0 bridgehead atoms.